The SMILES string of the molecule is COc1nc(Cl)ccc1C(=O)C(F)F. The third-order valence-corrected chi connectivity index (χ3v) is 1.69. The van der Waals surface area contributed by atoms with Crippen LogP contribution in [-0.2, 0) is 0 Å². The quantitative estimate of drug-likeness (QED) is 0.580. The monoisotopic (exact) mass is 221 g/mol. The highest BCUT2D eigenvalue weighted by atomic mass is 35.5. The van der Waals surface area contributed by atoms with Gasteiger partial charge in [0.05, 0.1) is 12.7 Å². The van der Waals surface area contributed by atoms with Crippen molar-refractivity contribution in [1.82, 2.24) is 4.98 Å². The summed E-state index contributed by atoms with van der Waals surface area (Å²) in [4.78, 5) is 14.5. The number of hydrogen-bond donors (Lipinski definition) is 0. The summed E-state index contributed by atoms with van der Waals surface area (Å²) in [6.45, 7) is 0. The molecule has 0 fully saturated rings. The summed E-state index contributed by atoms with van der Waals surface area (Å²) in [6.07, 6.45) is -3.08. The van der Waals surface area contributed by atoms with Crippen LogP contribution in [0.3, 0.4) is 0 Å². The Hall–Kier alpha value is -1.23. The Kier molecular flexibility index (Phi) is 3.35. The molecule has 0 atom stereocenters. The van der Waals surface area contributed by atoms with Crippen LogP contribution < -0.4 is 4.74 Å². The summed E-state index contributed by atoms with van der Waals surface area (Å²) in [6, 6.07) is 2.41. The number of nitrogens with zero attached hydrogens (tertiary/aromatic N) is 1. The molecule has 0 N–H and O–H groups in total. The largest absolute Gasteiger partial charge is 0.480 e. The van der Waals surface area contributed by atoms with Crippen molar-refractivity contribution < 1.29 is 18.3 Å². The highest BCUT2D eigenvalue weighted by Gasteiger charge is 2.22. The number of ketones is 1. The summed E-state index contributed by atoms with van der Waals surface area (Å²) >= 11 is 5.49. The summed E-state index contributed by atoms with van der Waals surface area (Å²) in [5.74, 6) is -1.52. The Bertz CT molecular complexity index is 357. The average molecular weight is 222 g/mol. The standard InChI is InChI=1S/C8H6ClF2NO2/c1-14-8-4(6(13)7(10)11)2-3-5(9)12-8/h2-3,7H,1H3. The minimum atomic E-state index is -3.08. The fraction of sp³-hybridized carbons (Fsp3) is 0.250. The van der Waals surface area contributed by atoms with E-state index in [-0.39, 0.29) is 16.6 Å². The van der Waals surface area contributed by atoms with Gasteiger partial charge in [0.2, 0.25) is 11.7 Å². The predicted octanol–water partition coefficient (Wildman–Crippen LogP) is 2.19. The zero-order chi connectivity index (χ0) is 10.7. The molecular weight excluding hydrogens is 216 g/mol. The molecule has 0 saturated heterocycles. The van der Waals surface area contributed by atoms with Crippen molar-refractivity contribution in [2.45, 2.75) is 6.43 Å². The first-order valence-corrected chi connectivity index (χ1v) is 3.97. The smallest absolute Gasteiger partial charge is 0.300 e. The lowest BCUT2D eigenvalue weighted by atomic mass is 10.2. The van der Waals surface area contributed by atoms with E-state index in [0.717, 1.165) is 6.07 Å². The van der Waals surface area contributed by atoms with Crippen LogP contribution in [0.2, 0.25) is 5.15 Å². The first kappa shape index (κ1) is 10.8. The Morgan fingerprint density at radius 2 is 2.21 bits per heavy atom. The lowest BCUT2D eigenvalue weighted by Crippen LogP contribution is -2.12. The highest BCUT2D eigenvalue weighted by Crippen LogP contribution is 2.20. The summed E-state index contributed by atoms with van der Waals surface area (Å²) in [7, 11) is 1.22. The number of methoxy groups -OCH3 is 1. The zero-order valence-corrected chi connectivity index (χ0v) is 7.89. The van der Waals surface area contributed by atoms with E-state index in [2.05, 4.69) is 9.72 Å². The molecule has 0 spiro atoms. The second kappa shape index (κ2) is 4.32. The molecule has 0 aliphatic rings. The average Bonchev–Trinajstić information content (AvgIpc) is 2.16. The first-order valence-electron chi connectivity index (χ1n) is 3.59. The van der Waals surface area contributed by atoms with E-state index in [1.807, 2.05) is 0 Å². The van der Waals surface area contributed by atoms with Crippen molar-refractivity contribution in [3.8, 4) is 5.88 Å². The molecule has 0 amide bonds. The number of ether oxygens (including phenoxy) is 1. The molecule has 0 aromatic carbocycles. The van der Waals surface area contributed by atoms with Crippen LogP contribution in [0.5, 0.6) is 5.88 Å². The summed E-state index contributed by atoms with van der Waals surface area (Å²) in [5, 5.41) is 0.0765. The lowest BCUT2D eigenvalue weighted by Gasteiger charge is -2.05. The lowest BCUT2D eigenvalue weighted by molar-refractivity contribution is 0.0674. The van der Waals surface area contributed by atoms with Crippen LogP contribution in [0.4, 0.5) is 8.78 Å². The van der Waals surface area contributed by atoms with E-state index in [9.17, 15) is 13.6 Å². The molecule has 0 saturated carbocycles. The molecular formula is C8H6ClF2NO2. The molecule has 14 heavy (non-hydrogen) atoms. The number of Topliss-reactive ketones (excluding diaryl/α,β-unsaturated/α-hetero) is 1. The second-order valence-electron chi connectivity index (χ2n) is 2.36. The van der Waals surface area contributed by atoms with Gasteiger partial charge in [-0.2, -0.15) is 0 Å². The highest BCUT2D eigenvalue weighted by molar-refractivity contribution is 6.29. The summed E-state index contributed by atoms with van der Waals surface area (Å²) < 4.78 is 28.8. The van der Waals surface area contributed by atoms with Gasteiger partial charge in [-0.1, -0.05) is 11.6 Å². The van der Waals surface area contributed by atoms with E-state index in [1.165, 1.54) is 13.2 Å². The molecule has 6 heteroatoms. The number of carbonyl (C=O) groups is 1. The molecule has 0 unspecified atom stereocenters. The van der Waals surface area contributed by atoms with Gasteiger partial charge in [-0.3, -0.25) is 4.79 Å². The molecule has 1 rings (SSSR count). The maximum Gasteiger partial charge on any atom is 0.300 e. The molecule has 1 aromatic rings. The molecule has 1 aromatic heterocycles. The fourth-order valence-electron chi connectivity index (χ4n) is 0.879. The molecule has 76 valence electrons. The number of aromatic nitrogens is 1. The second-order valence-corrected chi connectivity index (χ2v) is 2.74. The maximum absolute atomic E-state index is 12.1. The van der Waals surface area contributed by atoms with E-state index in [4.69, 9.17) is 11.6 Å². The van der Waals surface area contributed by atoms with Crippen LogP contribution in [0.15, 0.2) is 12.1 Å². The van der Waals surface area contributed by atoms with Gasteiger partial charge in [-0.05, 0) is 12.1 Å². The Balaban J connectivity index is 3.14. The number of rotatable bonds is 3. The molecule has 3 nitrogen and oxygen atoms in total. The van der Waals surface area contributed by atoms with Gasteiger partial charge in [-0.25, -0.2) is 13.8 Å². The van der Waals surface area contributed by atoms with Crippen LogP contribution in [0.25, 0.3) is 0 Å². The number of pyridine rings is 1. The van der Waals surface area contributed by atoms with Crippen molar-refractivity contribution in [2.75, 3.05) is 7.11 Å². The van der Waals surface area contributed by atoms with Crippen LogP contribution >= 0.6 is 11.6 Å². The minimum Gasteiger partial charge on any atom is -0.480 e. The van der Waals surface area contributed by atoms with E-state index < -0.39 is 12.2 Å². The molecule has 0 aliphatic heterocycles. The van der Waals surface area contributed by atoms with Gasteiger partial charge >= 0.3 is 6.43 Å². The van der Waals surface area contributed by atoms with Crippen molar-refractivity contribution in [3.63, 3.8) is 0 Å². The summed E-state index contributed by atoms with van der Waals surface area (Å²) in [5.41, 5.74) is -0.271. The number of carbonyl (C=O) groups excluding carboxylic acids is 1. The van der Waals surface area contributed by atoms with E-state index in [1.54, 1.807) is 0 Å². The van der Waals surface area contributed by atoms with Gasteiger partial charge in [0, 0.05) is 0 Å². The molecule has 0 bridgehead atoms. The van der Waals surface area contributed by atoms with E-state index >= 15 is 0 Å². The molecule has 0 radical (unpaired) electrons. The van der Waals surface area contributed by atoms with Crippen molar-refractivity contribution >= 4 is 17.4 Å². The van der Waals surface area contributed by atoms with Gasteiger partial charge in [-0.15, -0.1) is 0 Å². The Morgan fingerprint density at radius 3 is 2.71 bits per heavy atom. The molecule has 1 heterocycles. The third-order valence-electron chi connectivity index (χ3n) is 1.48. The van der Waals surface area contributed by atoms with Crippen molar-refractivity contribution in [1.29, 1.82) is 0 Å². The Morgan fingerprint density at radius 1 is 1.57 bits per heavy atom. The van der Waals surface area contributed by atoms with Crippen molar-refractivity contribution in [3.05, 3.63) is 22.8 Å². The number of halogens is 3. The fourth-order valence-corrected chi connectivity index (χ4v) is 1.02. The predicted molar refractivity (Wildman–Crippen MR) is 46.1 cm³/mol. The van der Waals surface area contributed by atoms with Gasteiger partial charge in [0.15, 0.2) is 0 Å². The molecule has 0 aliphatic carbocycles. The number of hydrogen-bond acceptors (Lipinski definition) is 3. The van der Waals surface area contributed by atoms with Gasteiger partial charge < -0.3 is 4.74 Å². The van der Waals surface area contributed by atoms with Crippen LogP contribution in [0, 0.1) is 0 Å². The zero-order valence-electron chi connectivity index (χ0n) is 7.13. The maximum atomic E-state index is 12.1. The van der Waals surface area contributed by atoms with Crippen LogP contribution in [-0.4, -0.2) is 24.3 Å². The normalized spacial score (nSPS) is 10.4. The third kappa shape index (κ3) is 2.17. The Labute approximate surface area is 83.7 Å². The topological polar surface area (TPSA) is 39.2 Å². The van der Waals surface area contributed by atoms with Gasteiger partial charge in [0.25, 0.3) is 0 Å². The van der Waals surface area contributed by atoms with Gasteiger partial charge in [0.1, 0.15) is 5.15 Å². The van der Waals surface area contributed by atoms with Crippen molar-refractivity contribution in [2.24, 2.45) is 0 Å². The van der Waals surface area contributed by atoms with E-state index in [0.29, 0.717) is 0 Å². The minimum absolute atomic E-state index is 0.0765. The van der Waals surface area contributed by atoms with Crippen LogP contribution in [0.1, 0.15) is 10.4 Å². The first-order chi connectivity index (χ1) is 6.56. The number of alkyl halides is 2.